The number of rotatable bonds is 7. The van der Waals surface area contributed by atoms with Gasteiger partial charge in [0.25, 0.3) is 0 Å². The number of nitrogens with one attached hydrogen (secondary N) is 3. The van der Waals surface area contributed by atoms with Crippen LogP contribution in [0.15, 0.2) is 67.0 Å². The lowest BCUT2D eigenvalue weighted by molar-refractivity contribution is -0.119. The Morgan fingerprint density at radius 3 is 2.49 bits per heavy atom. The molecule has 0 unspecified atom stereocenters. The number of ether oxygens (including phenoxy) is 2. The summed E-state index contributed by atoms with van der Waals surface area (Å²) in [6.07, 6.45) is 3.47. The third-order valence-corrected chi connectivity index (χ3v) is 5.55. The van der Waals surface area contributed by atoms with Crippen LogP contribution in [0.1, 0.15) is 5.56 Å². The highest BCUT2D eigenvalue weighted by molar-refractivity contribution is 7.80. The Kier molecular flexibility index (Phi) is 7.59. The number of anilines is 3. The number of carbonyl (C=O) groups excluding carboxylic acids is 1. The Balaban J connectivity index is 1.45. The average molecular weight is 508 g/mol. The van der Waals surface area contributed by atoms with Crippen LogP contribution in [0.2, 0.25) is 5.02 Å². The van der Waals surface area contributed by atoms with E-state index in [9.17, 15) is 4.79 Å². The third kappa shape index (κ3) is 5.95. The van der Waals surface area contributed by atoms with Crippen LogP contribution in [-0.2, 0) is 11.2 Å². The lowest BCUT2D eigenvalue weighted by Crippen LogP contribution is -2.35. The molecule has 1 amide bonds. The van der Waals surface area contributed by atoms with Gasteiger partial charge in [-0.05, 0) is 36.0 Å². The molecule has 0 saturated heterocycles. The number of amides is 1. The normalized spacial score (nSPS) is 10.5. The fraction of sp³-hybridized carbons (Fsp3) is 0.120. The van der Waals surface area contributed by atoms with E-state index in [0.717, 1.165) is 22.2 Å². The maximum absolute atomic E-state index is 12.2. The first-order chi connectivity index (χ1) is 17.0. The van der Waals surface area contributed by atoms with Crippen molar-refractivity contribution in [2.24, 2.45) is 0 Å². The van der Waals surface area contributed by atoms with E-state index in [-0.39, 0.29) is 17.4 Å². The van der Waals surface area contributed by atoms with Gasteiger partial charge in [0.05, 0.1) is 48.8 Å². The Morgan fingerprint density at radius 1 is 1.03 bits per heavy atom. The van der Waals surface area contributed by atoms with Crippen molar-refractivity contribution in [1.82, 2.24) is 15.3 Å². The predicted octanol–water partition coefficient (Wildman–Crippen LogP) is 5.10. The highest BCUT2D eigenvalue weighted by Crippen LogP contribution is 2.36. The highest BCUT2D eigenvalue weighted by Gasteiger charge is 2.13. The van der Waals surface area contributed by atoms with Crippen LogP contribution in [-0.4, -0.2) is 35.2 Å². The van der Waals surface area contributed by atoms with E-state index in [4.69, 9.17) is 33.3 Å². The van der Waals surface area contributed by atoms with Gasteiger partial charge in [0.15, 0.2) is 16.6 Å². The van der Waals surface area contributed by atoms with Gasteiger partial charge in [-0.25, -0.2) is 4.98 Å². The second-order valence-corrected chi connectivity index (χ2v) is 8.24. The van der Waals surface area contributed by atoms with Crippen molar-refractivity contribution < 1.29 is 14.3 Å². The summed E-state index contributed by atoms with van der Waals surface area (Å²) in [7, 11) is 3.15. The molecule has 0 spiro atoms. The lowest BCUT2D eigenvalue weighted by atomic mass is 10.1. The maximum Gasteiger partial charge on any atom is 0.230 e. The molecule has 178 valence electrons. The van der Waals surface area contributed by atoms with Crippen LogP contribution in [0.25, 0.3) is 10.9 Å². The molecule has 8 nitrogen and oxygen atoms in total. The third-order valence-electron chi connectivity index (χ3n) is 5.06. The zero-order chi connectivity index (χ0) is 24.8. The Labute approximate surface area is 212 Å². The fourth-order valence-corrected chi connectivity index (χ4v) is 3.87. The van der Waals surface area contributed by atoms with Crippen LogP contribution in [0, 0.1) is 0 Å². The van der Waals surface area contributed by atoms with Crippen molar-refractivity contribution in [3.63, 3.8) is 0 Å². The molecular formula is C25H22ClN5O3S. The quantitative estimate of drug-likeness (QED) is 0.297. The minimum atomic E-state index is -0.220. The SMILES string of the molecule is COc1cc2nccc(Nc3ncc(NC(=S)NC(=O)Cc4ccccc4)cc3Cl)c2cc1OC. The Hall–Kier alpha value is -3.95. The Bertz CT molecular complexity index is 1380. The standard InChI is InChI=1S/C25H22ClN5O3S/c1-33-21-12-17-19(8-9-27-20(17)13-22(21)34-2)30-24-18(26)11-16(14-28-24)29-25(35)31-23(32)10-15-6-4-3-5-7-15/h3-9,11-14H,10H2,1-2H3,(H,27,28,30)(H2,29,31,32,35). The summed E-state index contributed by atoms with van der Waals surface area (Å²) in [6.45, 7) is 0. The predicted molar refractivity (Wildman–Crippen MR) is 142 cm³/mol. The molecule has 3 N–H and O–H groups in total. The molecule has 2 heterocycles. The molecule has 4 rings (SSSR count). The van der Waals surface area contributed by atoms with Gasteiger partial charge in [-0.1, -0.05) is 41.9 Å². The van der Waals surface area contributed by atoms with E-state index >= 15 is 0 Å². The summed E-state index contributed by atoms with van der Waals surface area (Å²) in [4.78, 5) is 21.0. The summed E-state index contributed by atoms with van der Waals surface area (Å²) in [5, 5.41) is 10.2. The number of methoxy groups -OCH3 is 2. The fourth-order valence-electron chi connectivity index (χ4n) is 3.42. The van der Waals surface area contributed by atoms with E-state index < -0.39 is 0 Å². The monoisotopic (exact) mass is 507 g/mol. The molecule has 0 aliphatic rings. The molecule has 35 heavy (non-hydrogen) atoms. The summed E-state index contributed by atoms with van der Waals surface area (Å²) in [5.41, 5.74) is 2.90. The number of pyridine rings is 2. The molecule has 0 aliphatic carbocycles. The highest BCUT2D eigenvalue weighted by atomic mass is 35.5. The van der Waals surface area contributed by atoms with Gasteiger partial charge in [-0.3, -0.25) is 9.78 Å². The second kappa shape index (κ2) is 11.0. The van der Waals surface area contributed by atoms with Crippen LogP contribution in [0.5, 0.6) is 11.5 Å². The van der Waals surface area contributed by atoms with Crippen LogP contribution >= 0.6 is 23.8 Å². The van der Waals surface area contributed by atoms with Gasteiger partial charge < -0.3 is 25.4 Å². The number of aromatic nitrogens is 2. The van der Waals surface area contributed by atoms with Crippen molar-refractivity contribution in [2.45, 2.75) is 6.42 Å². The zero-order valence-corrected chi connectivity index (χ0v) is 20.5. The number of halogens is 1. The van der Waals surface area contributed by atoms with Gasteiger partial charge >= 0.3 is 0 Å². The van der Waals surface area contributed by atoms with Gasteiger partial charge in [-0.15, -0.1) is 0 Å². The molecule has 0 atom stereocenters. The topological polar surface area (TPSA) is 97.4 Å². The number of hydrogen-bond donors (Lipinski definition) is 3. The number of hydrogen-bond acceptors (Lipinski definition) is 7. The van der Waals surface area contributed by atoms with E-state index in [1.54, 1.807) is 38.7 Å². The maximum atomic E-state index is 12.2. The lowest BCUT2D eigenvalue weighted by Gasteiger charge is -2.14. The molecule has 10 heteroatoms. The zero-order valence-electron chi connectivity index (χ0n) is 19.0. The van der Waals surface area contributed by atoms with Crippen LogP contribution in [0.4, 0.5) is 17.2 Å². The molecule has 2 aromatic heterocycles. The van der Waals surface area contributed by atoms with Crippen LogP contribution < -0.4 is 25.4 Å². The number of fused-ring (bicyclic) bond motifs is 1. The smallest absolute Gasteiger partial charge is 0.230 e. The van der Waals surface area contributed by atoms with E-state index in [1.807, 2.05) is 42.5 Å². The largest absolute Gasteiger partial charge is 0.493 e. The minimum Gasteiger partial charge on any atom is -0.493 e. The molecule has 0 bridgehead atoms. The van der Waals surface area contributed by atoms with Gasteiger partial charge in [0, 0.05) is 17.6 Å². The first kappa shape index (κ1) is 24.2. The summed E-state index contributed by atoms with van der Waals surface area (Å²) >= 11 is 11.7. The van der Waals surface area contributed by atoms with Crippen LogP contribution in [0.3, 0.4) is 0 Å². The summed E-state index contributed by atoms with van der Waals surface area (Å²) < 4.78 is 10.8. The molecule has 0 radical (unpaired) electrons. The summed E-state index contributed by atoms with van der Waals surface area (Å²) in [5.74, 6) is 1.39. The van der Waals surface area contributed by atoms with Crippen molar-refractivity contribution >= 4 is 62.9 Å². The first-order valence-electron chi connectivity index (χ1n) is 10.5. The molecular weight excluding hydrogens is 486 g/mol. The van der Waals surface area contributed by atoms with Gasteiger partial charge in [-0.2, -0.15) is 0 Å². The van der Waals surface area contributed by atoms with Gasteiger partial charge in [0.1, 0.15) is 5.82 Å². The summed E-state index contributed by atoms with van der Waals surface area (Å²) in [6, 6.07) is 16.5. The second-order valence-electron chi connectivity index (χ2n) is 7.43. The Morgan fingerprint density at radius 2 is 1.77 bits per heavy atom. The molecule has 0 saturated carbocycles. The number of thiocarbonyl (C=S) groups is 1. The number of carbonyl (C=O) groups is 1. The van der Waals surface area contributed by atoms with Crippen molar-refractivity contribution in [2.75, 3.05) is 24.9 Å². The van der Waals surface area contributed by atoms with E-state index in [0.29, 0.717) is 28.0 Å². The van der Waals surface area contributed by atoms with E-state index in [2.05, 4.69) is 25.9 Å². The molecule has 2 aromatic carbocycles. The van der Waals surface area contributed by atoms with Crippen molar-refractivity contribution in [1.29, 1.82) is 0 Å². The van der Waals surface area contributed by atoms with Gasteiger partial charge in [0.2, 0.25) is 5.91 Å². The first-order valence-corrected chi connectivity index (χ1v) is 11.3. The van der Waals surface area contributed by atoms with E-state index in [1.165, 1.54) is 0 Å². The average Bonchev–Trinajstić information content (AvgIpc) is 2.85. The molecule has 4 aromatic rings. The number of benzene rings is 2. The molecule has 0 aliphatic heterocycles. The molecule has 0 fully saturated rings. The number of nitrogens with zero attached hydrogens (tertiary/aromatic N) is 2. The van der Waals surface area contributed by atoms with Crippen molar-refractivity contribution in [3.05, 3.63) is 77.6 Å². The van der Waals surface area contributed by atoms with Crippen molar-refractivity contribution in [3.8, 4) is 11.5 Å². The minimum absolute atomic E-state index is 0.158.